The Morgan fingerprint density at radius 3 is 2.42 bits per heavy atom. The number of carbonyl (C=O) groups is 2. The summed E-state index contributed by atoms with van der Waals surface area (Å²) in [5.41, 5.74) is 1.55. The van der Waals surface area contributed by atoms with Gasteiger partial charge in [0.1, 0.15) is 0 Å². The Labute approximate surface area is 166 Å². The molecule has 0 heterocycles. The van der Waals surface area contributed by atoms with Crippen LogP contribution in [0.3, 0.4) is 0 Å². The van der Waals surface area contributed by atoms with Gasteiger partial charge in [0.25, 0.3) is 5.91 Å². The molecule has 0 aliphatic heterocycles. The number of methoxy groups -OCH3 is 1. The third kappa shape index (κ3) is 5.88. The molecule has 0 aromatic heterocycles. The Bertz CT molecular complexity index is 812. The Morgan fingerprint density at radius 1 is 1.00 bits per heavy atom. The normalized spacial score (nSPS) is 10.5. The van der Waals surface area contributed by atoms with Gasteiger partial charge in [-0.15, -0.1) is 0 Å². The minimum absolute atomic E-state index is 0.133. The van der Waals surface area contributed by atoms with Crippen LogP contribution in [0, 0.1) is 0 Å². The summed E-state index contributed by atoms with van der Waals surface area (Å²) in [5.74, 6) is -0.544. The summed E-state index contributed by atoms with van der Waals surface area (Å²) in [6, 6.07) is 9.71. The summed E-state index contributed by atoms with van der Waals surface area (Å²) in [5, 5.41) is 6.48. The fraction of sp³-hybridized carbons (Fsp3) is 0.222. The van der Waals surface area contributed by atoms with Gasteiger partial charge in [0.05, 0.1) is 33.7 Å². The average molecular weight is 416 g/mol. The van der Waals surface area contributed by atoms with Gasteiger partial charge in [0, 0.05) is 19.3 Å². The van der Waals surface area contributed by atoms with Crippen LogP contribution < -0.4 is 10.6 Å². The number of halogens is 3. The summed E-state index contributed by atoms with van der Waals surface area (Å²) in [4.78, 5) is 24.2. The highest BCUT2D eigenvalue weighted by atomic mass is 35.5. The van der Waals surface area contributed by atoms with Crippen LogP contribution in [-0.4, -0.2) is 32.1 Å². The minimum atomic E-state index is -0.305. The second-order valence-electron chi connectivity index (χ2n) is 5.42. The smallest absolute Gasteiger partial charge is 0.252 e. The number of hydrogen-bond acceptors (Lipinski definition) is 3. The average Bonchev–Trinajstić information content (AvgIpc) is 2.58. The fourth-order valence-electron chi connectivity index (χ4n) is 2.18. The van der Waals surface area contributed by atoms with E-state index in [2.05, 4.69) is 10.6 Å². The molecule has 0 saturated heterocycles. The third-order valence-corrected chi connectivity index (χ3v) is 4.49. The number of rotatable bonds is 7. The zero-order chi connectivity index (χ0) is 19.1. The molecule has 0 unspecified atom stereocenters. The maximum Gasteiger partial charge on any atom is 0.252 e. The summed E-state index contributed by atoms with van der Waals surface area (Å²) in [6.07, 6.45) is 0.133. The molecule has 0 atom stereocenters. The second kappa shape index (κ2) is 9.78. The number of nitrogens with one attached hydrogen (secondary N) is 2. The van der Waals surface area contributed by atoms with Crippen molar-refractivity contribution in [1.82, 2.24) is 5.32 Å². The monoisotopic (exact) mass is 414 g/mol. The maximum atomic E-state index is 12.2. The second-order valence-corrected chi connectivity index (χ2v) is 6.64. The van der Waals surface area contributed by atoms with Crippen molar-refractivity contribution < 1.29 is 14.3 Å². The molecule has 0 saturated carbocycles. The number of carbonyl (C=O) groups excluding carboxylic acids is 2. The highest BCUT2D eigenvalue weighted by Gasteiger charge is 2.12. The molecule has 0 bridgehead atoms. The van der Waals surface area contributed by atoms with E-state index in [1.54, 1.807) is 37.4 Å². The lowest BCUT2D eigenvalue weighted by Gasteiger charge is -2.10. The first-order valence-electron chi connectivity index (χ1n) is 7.71. The lowest BCUT2D eigenvalue weighted by Crippen LogP contribution is -2.27. The van der Waals surface area contributed by atoms with Crippen LogP contribution in [0.1, 0.15) is 15.9 Å². The molecule has 0 aliphatic carbocycles. The van der Waals surface area contributed by atoms with Crippen molar-refractivity contribution in [3.05, 3.63) is 62.6 Å². The Balaban J connectivity index is 1.98. The van der Waals surface area contributed by atoms with Crippen LogP contribution in [0.4, 0.5) is 5.69 Å². The summed E-state index contributed by atoms with van der Waals surface area (Å²) < 4.78 is 4.87. The molecule has 0 spiro atoms. The maximum absolute atomic E-state index is 12.2. The summed E-state index contributed by atoms with van der Waals surface area (Å²) >= 11 is 17.9. The third-order valence-electron chi connectivity index (χ3n) is 3.44. The van der Waals surface area contributed by atoms with Gasteiger partial charge in [-0.05, 0) is 35.9 Å². The predicted molar refractivity (Wildman–Crippen MR) is 104 cm³/mol. The molecular formula is C18H17Cl3N2O3. The van der Waals surface area contributed by atoms with Crippen LogP contribution >= 0.6 is 34.8 Å². The highest BCUT2D eigenvalue weighted by Crippen LogP contribution is 2.24. The van der Waals surface area contributed by atoms with Crippen molar-refractivity contribution in [3.63, 3.8) is 0 Å². The van der Waals surface area contributed by atoms with Gasteiger partial charge in [0.15, 0.2) is 0 Å². The molecular weight excluding hydrogens is 399 g/mol. The topological polar surface area (TPSA) is 67.4 Å². The van der Waals surface area contributed by atoms with Gasteiger partial charge in [-0.1, -0.05) is 40.9 Å². The molecule has 0 aliphatic rings. The number of anilines is 1. The fourth-order valence-corrected chi connectivity index (χ4v) is 2.77. The molecule has 138 valence electrons. The largest absolute Gasteiger partial charge is 0.383 e. The Kier molecular flexibility index (Phi) is 7.72. The van der Waals surface area contributed by atoms with E-state index in [1.807, 2.05) is 0 Å². The zero-order valence-corrected chi connectivity index (χ0v) is 16.2. The summed E-state index contributed by atoms with van der Waals surface area (Å²) in [6.45, 7) is 0.792. The van der Waals surface area contributed by atoms with E-state index in [-0.39, 0.29) is 23.3 Å². The standard InChI is InChI=1S/C18H17Cl3N2O3/c1-26-7-6-22-18(25)13-4-3-12(10-15(13)20)23-17(24)9-11-2-5-14(19)16(21)8-11/h2-5,8,10H,6-7,9H2,1H3,(H,22,25)(H,23,24). The van der Waals surface area contributed by atoms with E-state index in [4.69, 9.17) is 39.5 Å². The van der Waals surface area contributed by atoms with E-state index < -0.39 is 0 Å². The van der Waals surface area contributed by atoms with E-state index in [0.29, 0.717) is 34.4 Å². The van der Waals surface area contributed by atoms with Crippen molar-refractivity contribution in [1.29, 1.82) is 0 Å². The first-order chi connectivity index (χ1) is 12.4. The van der Waals surface area contributed by atoms with E-state index in [0.717, 1.165) is 5.56 Å². The molecule has 2 aromatic rings. The lowest BCUT2D eigenvalue weighted by atomic mass is 10.1. The number of amides is 2. The Hall–Kier alpha value is -1.79. The molecule has 26 heavy (non-hydrogen) atoms. The van der Waals surface area contributed by atoms with Gasteiger partial charge < -0.3 is 15.4 Å². The van der Waals surface area contributed by atoms with Gasteiger partial charge in [0.2, 0.25) is 5.91 Å². The van der Waals surface area contributed by atoms with Crippen molar-refractivity contribution >= 4 is 52.3 Å². The number of benzene rings is 2. The molecule has 0 fully saturated rings. The van der Waals surface area contributed by atoms with Crippen molar-refractivity contribution in [2.24, 2.45) is 0 Å². The van der Waals surface area contributed by atoms with Crippen LogP contribution in [0.25, 0.3) is 0 Å². The van der Waals surface area contributed by atoms with Crippen molar-refractivity contribution in [3.8, 4) is 0 Å². The number of hydrogen-bond donors (Lipinski definition) is 2. The van der Waals surface area contributed by atoms with Gasteiger partial charge in [-0.25, -0.2) is 0 Å². The molecule has 8 heteroatoms. The van der Waals surface area contributed by atoms with E-state index in [9.17, 15) is 9.59 Å². The molecule has 2 amide bonds. The predicted octanol–water partition coefficient (Wildman–Crippen LogP) is 4.20. The summed E-state index contributed by atoms with van der Waals surface area (Å²) in [7, 11) is 1.55. The lowest BCUT2D eigenvalue weighted by molar-refractivity contribution is -0.115. The number of ether oxygens (including phenoxy) is 1. The first-order valence-corrected chi connectivity index (χ1v) is 8.84. The SMILES string of the molecule is COCCNC(=O)c1ccc(NC(=O)Cc2ccc(Cl)c(Cl)c2)cc1Cl. The van der Waals surface area contributed by atoms with Crippen LogP contribution in [0.15, 0.2) is 36.4 Å². The van der Waals surface area contributed by atoms with Crippen LogP contribution in [0.5, 0.6) is 0 Å². The molecule has 5 nitrogen and oxygen atoms in total. The molecule has 2 N–H and O–H groups in total. The van der Waals surface area contributed by atoms with Gasteiger partial charge >= 0.3 is 0 Å². The molecule has 0 radical (unpaired) electrons. The molecule has 2 rings (SSSR count). The van der Waals surface area contributed by atoms with Crippen LogP contribution in [0.2, 0.25) is 15.1 Å². The highest BCUT2D eigenvalue weighted by molar-refractivity contribution is 6.42. The Morgan fingerprint density at radius 2 is 1.77 bits per heavy atom. The van der Waals surface area contributed by atoms with Gasteiger partial charge in [-0.2, -0.15) is 0 Å². The van der Waals surface area contributed by atoms with E-state index >= 15 is 0 Å². The van der Waals surface area contributed by atoms with E-state index in [1.165, 1.54) is 6.07 Å². The molecule has 2 aromatic carbocycles. The quantitative estimate of drug-likeness (QED) is 0.666. The van der Waals surface area contributed by atoms with Crippen molar-refractivity contribution in [2.75, 3.05) is 25.6 Å². The zero-order valence-electron chi connectivity index (χ0n) is 13.9. The minimum Gasteiger partial charge on any atom is -0.383 e. The first kappa shape index (κ1) is 20.5. The van der Waals surface area contributed by atoms with Gasteiger partial charge in [-0.3, -0.25) is 9.59 Å². The van der Waals surface area contributed by atoms with Crippen molar-refractivity contribution in [2.45, 2.75) is 6.42 Å². The van der Waals surface area contributed by atoms with Crippen LogP contribution in [-0.2, 0) is 16.0 Å².